The summed E-state index contributed by atoms with van der Waals surface area (Å²) < 4.78 is 0. The van der Waals surface area contributed by atoms with Gasteiger partial charge in [-0.25, -0.2) is 0 Å². The van der Waals surface area contributed by atoms with E-state index in [1.807, 2.05) is 11.8 Å². The minimum Gasteiger partial charge on any atom is -0.480 e. The zero-order valence-corrected chi connectivity index (χ0v) is 9.56. The largest absolute Gasteiger partial charge is 0.480 e. The molecular formula is C10H19N3O3. The maximum Gasteiger partial charge on any atom is 0.317 e. The number of nitrogens with zero attached hydrogens (tertiary/aromatic N) is 2. The van der Waals surface area contributed by atoms with Crippen LogP contribution >= 0.6 is 0 Å². The fourth-order valence-corrected chi connectivity index (χ4v) is 1.73. The van der Waals surface area contributed by atoms with Crippen LogP contribution in [0.3, 0.4) is 0 Å². The monoisotopic (exact) mass is 229 g/mol. The third-order valence-corrected chi connectivity index (χ3v) is 2.80. The van der Waals surface area contributed by atoms with E-state index in [0.29, 0.717) is 32.6 Å². The van der Waals surface area contributed by atoms with Gasteiger partial charge in [0.05, 0.1) is 12.6 Å². The summed E-state index contributed by atoms with van der Waals surface area (Å²) in [5, 5.41) is 8.62. The Morgan fingerprint density at radius 1 is 1.31 bits per heavy atom. The molecule has 1 fully saturated rings. The van der Waals surface area contributed by atoms with Crippen molar-refractivity contribution in [1.29, 1.82) is 0 Å². The molecule has 0 bridgehead atoms. The van der Waals surface area contributed by atoms with Crippen molar-refractivity contribution in [1.82, 2.24) is 9.80 Å². The van der Waals surface area contributed by atoms with E-state index >= 15 is 0 Å². The number of aliphatic carboxylic acids is 1. The molecule has 1 saturated heterocycles. The number of nitrogens with two attached hydrogens (primary N) is 1. The number of piperazine rings is 1. The van der Waals surface area contributed by atoms with Crippen LogP contribution in [0.1, 0.15) is 13.3 Å². The Hall–Kier alpha value is -1.14. The number of carbonyl (C=O) groups excluding carboxylic acids is 1. The highest BCUT2D eigenvalue weighted by molar-refractivity contribution is 5.81. The Labute approximate surface area is 95.0 Å². The average Bonchev–Trinajstić information content (AvgIpc) is 2.27. The van der Waals surface area contributed by atoms with Crippen LogP contribution in [-0.2, 0) is 9.59 Å². The highest BCUT2D eigenvalue weighted by Gasteiger charge is 2.24. The summed E-state index contributed by atoms with van der Waals surface area (Å²) in [5.41, 5.74) is 5.66. The van der Waals surface area contributed by atoms with Crippen LogP contribution in [-0.4, -0.2) is 65.5 Å². The third kappa shape index (κ3) is 3.46. The fourth-order valence-electron chi connectivity index (χ4n) is 1.73. The second-order valence-corrected chi connectivity index (χ2v) is 4.01. The first-order chi connectivity index (χ1) is 7.54. The van der Waals surface area contributed by atoms with E-state index in [1.165, 1.54) is 0 Å². The van der Waals surface area contributed by atoms with Gasteiger partial charge >= 0.3 is 5.97 Å². The molecule has 92 valence electrons. The molecule has 1 heterocycles. The maximum atomic E-state index is 11.7. The van der Waals surface area contributed by atoms with Gasteiger partial charge in [-0.05, 0) is 6.42 Å². The molecule has 0 spiro atoms. The Morgan fingerprint density at radius 3 is 2.31 bits per heavy atom. The number of carbonyl (C=O) groups is 2. The van der Waals surface area contributed by atoms with Gasteiger partial charge in [0, 0.05) is 26.2 Å². The third-order valence-electron chi connectivity index (χ3n) is 2.80. The van der Waals surface area contributed by atoms with Crippen molar-refractivity contribution in [2.45, 2.75) is 19.4 Å². The second kappa shape index (κ2) is 5.81. The predicted molar refractivity (Wildman–Crippen MR) is 58.9 cm³/mol. The maximum absolute atomic E-state index is 11.7. The lowest BCUT2D eigenvalue weighted by Gasteiger charge is -2.34. The molecule has 0 aromatic carbocycles. The summed E-state index contributed by atoms with van der Waals surface area (Å²) in [6.45, 7) is 4.27. The van der Waals surface area contributed by atoms with E-state index < -0.39 is 12.0 Å². The highest BCUT2D eigenvalue weighted by Crippen LogP contribution is 2.04. The molecule has 0 radical (unpaired) electrons. The minimum absolute atomic E-state index is 0.0301. The lowest BCUT2D eigenvalue weighted by molar-refractivity contribution is -0.139. The molecule has 1 aliphatic heterocycles. The number of carboxylic acids is 1. The van der Waals surface area contributed by atoms with Crippen LogP contribution in [0, 0.1) is 0 Å². The molecule has 6 heteroatoms. The van der Waals surface area contributed by atoms with E-state index in [2.05, 4.69) is 0 Å². The molecule has 1 aliphatic rings. The first-order valence-electron chi connectivity index (χ1n) is 5.53. The van der Waals surface area contributed by atoms with Gasteiger partial charge in [-0.15, -0.1) is 0 Å². The fraction of sp³-hybridized carbons (Fsp3) is 0.800. The molecule has 6 nitrogen and oxygen atoms in total. The molecular weight excluding hydrogens is 210 g/mol. The van der Waals surface area contributed by atoms with Gasteiger partial charge < -0.3 is 15.7 Å². The number of amides is 1. The molecule has 0 aromatic heterocycles. The molecule has 16 heavy (non-hydrogen) atoms. The van der Waals surface area contributed by atoms with Gasteiger partial charge in [-0.2, -0.15) is 0 Å². The van der Waals surface area contributed by atoms with Gasteiger partial charge in [-0.1, -0.05) is 6.92 Å². The van der Waals surface area contributed by atoms with Crippen molar-refractivity contribution in [3.8, 4) is 0 Å². The average molecular weight is 229 g/mol. The summed E-state index contributed by atoms with van der Waals surface area (Å²) in [4.78, 5) is 25.8. The quantitative estimate of drug-likeness (QED) is 0.642. The summed E-state index contributed by atoms with van der Waals surface area (Å²) in [5.74, 6) is -0.859. The van der Waals surface area contributed by atoms with Crippen molar-refractivity contribution < 1.29 is 14.7 Å². The van der Waals surface area contributed by atoms with Crippen molar-refractivity contribution in [3.05, 3.63) is 0 Å². The van der Waals surface area contributed by atoms with Crippen molar-refractivity contribution in [2.75, 3.05) is 32.7 Å². The van der Waals surface area contributed by atoms with Crippen LogP contribution in [0.5, 0.6) is 0 Å². The molecule has 1 rings (SSSR count). The van der Waals surface area contributed by atoms with Crippen molar-refractivity contribution >= 4 is 11.9 Å². The number of hydrogen-bond acceptors (Lipinski definition) is 4. The van der Waals surface area contributed by atoms with Crippen molar-refractivity contribution in [3.63, 3.8) is 0 Å². The van der Waals surface area contributed by atoms with Crippen molar-refractivity contribution in [2.24, 2.45) is 5.73 Å². The van der Waals surface area contributed by atoms with Crippen LogP contribution in [0.15, 0.2) is 0 Å². The van der Waals surface area contributed by atoms with E-state index in [1.54, 1.807) is 4.90 Å². The normalized spacial score (nSPS) is 19.5. The van der Waals surface area contributed by atoms with E-state index in [4.69, 9.17) is 10.8 Å². The van der Waals surface area contributed by atoms with Crippen LogP contribution < -0.4 is 5.73 Å². The van der Waals surface area contributed by atoms with Crippen LogP contribution in [0.2, 0.25) is 0 Å². The summed E-state index contributed by atoms with van der Waals surface area (Å²) in [6.07, 6.45) is 0.633. The second-order valence-electron chi connectivity index (χ2n) is 4.01. The lowest BCUT2D eigenvalue weighted by atomic mass is 10.2. The molecule has 3 N–H and O–H groups in total. The zero-order chi connectivity index (χ0) is 12.1. The Kier molecular flexibility index (Phi) is 4.70. The number of carboxylic acid groups (broad SMARTS) is 1. The molecule has 1 amide bonds. The van der Waals surface area contributed by atoms with Gasteiger partial charge in [0.25, 0.3) is 0 Å². The van der Waals surface area contributed by atoms with Crippen LogP contribution in [0.25, 0.3) is 0 Å². The summed E-state index contributed by atoms with van der Waals surface area (Å²) in [6, 6.07) is -0.425. The smallest absolute Gasteiger partial charge is 0.317 e. The van der Waals surface area contributed by atoms with Gasteiger partial charge in [0.1, 0.15) is 0 Å². The van der Waals surface area contributed by atoms with E-state index in [9.17, 15) is 9.59 Å². The molecule has 1 unspecified atom stereocenters. The predicted octanol–water partition coefficient (Wildman–Crippen LogP) is -1.05. The summed E-state index contributed by atoms with van der Waals surface area (Å²) >= 11 is 0. The molecule has 1 atom stereocenters. The Morgan fingerprint density at radius 2 is 1.88 bits per heavy atom. The summed E-state index contributed by atoms with van der Waals surface area (Å²) in [7, 11) is 0. The van der Waals surface area contributed by atoms with Gasteiger partial charge in [0.2, 0.25) is 5.91 Å². The van der Waals surface area contributed by atoms with E-state index in [0.717, 1.165) is 0 Å². The Bertz CT molecular complexity index is 262. The molecule has 0 aliphatic carbocycles. The zero-order valence-electron chi connectivity index (χ0n) is 9.56. The number of rotatable bonds is 4. The highest BCUT2D eigenvalue weighted by atomic mass is 16.4. The van der Waals surface area contributed by atoms with E-state index in [-0.39, 0.29) is 12.5 Å². The minimum atomic E-state index is -0.829. The molecule has 0 saturated carbocycles. The van der Waals surface area contributed by atoms with Crippen LogP contribution in [0.4, 0.5) is 0 Å². The van der Waals surface area contributed by atoms with Gasteiger partial charge in [-0.3, -0.25) is 14.5 Å². The topological polar surface area (TPSA) is 86.9 Å². The first kappa shape index (κ1) is 12.9. The van der Waals surface area contributed by atoms with Gasteiger partial charge in [0.15, 0.2) is 0 Å². The Balaban J connectivity index is 2.37. The molecule has 0 aromatic rings. The first-order valence-corrected chi connectivity index (χ1v) is 5.53. The SMILES string of the molecule is CCC(N)C(=O)N1CCN(CC(=O)O)CC1. The lowest BCUT2D eigenvalue weighted by Crippen LogP contribution is -2.53. The standard InChI is InChI=1S/C10H19N3O3/c1-2-8(11)10(16)13-5-3-12(4-6-13)7-9(14)15/h8H,2-7,11H2,1H3,(H,14,15). The number of hydrogen-bond donors (Lipinski definition) is 2.